The summed E-state index contributed by atoms with van der Waals surface area (Å²) in [5.74, 6) is 0.0455. The van der Waals surface area contributed by atoms with Crippen LogP contribution in [0.25, 0.3) is 0 Å². The Kier molecular flexibility index (Phi) is 6.48. The van der Waals surface area contributed by atoms with Crippen LogP contribution in [0.4, 0.5) is 0 Å². The second kappa shape index (κ2) is 7.62. The molecule has 1 aromatic rings. The van der Waals surface area contributed by atoms with Gasteiger partial charge in [-0.3, -0.25) is 0 Å². The maximum Gasteiger partial charge on any atom is 0.179 e. The molecule has 0 unspecified atom stereocenters. The lowest BCUT2D eigenvalue weighted by molar-refractivity contribution is 0.140. The molecule has 0 radical (unpaired) electrons. The molecule has 0 saturated carbocycles. The van der Waals surface area contributed by atoms with Crippen LogP contribution in [0.5, 0.6) is 0 Å². The van der Waals surface area contributed by atoms with Crippen molar-refractivity contribution in [3.63, 3.8) is 0 Å². The van der Waals surface area contributed by atoms with E-state index in [1.54, 1.807) is 19.1 Å². The van der Waals surface area contributed by atoms with Crippen LogP contribution >= 0.6 is 11.6 Å². The molecule has 0 bridgehead atoms. The molecule has 0 N–H and O–H groups in total. The zero-order valence-electron chi connectivity index (χ0n) is 10.9. The second-order valence-corrected chi connectivity index (χ2v) is 6.61. The smallest absolute Gasteiger partial charge is 0.179 e. The van der Waals surface area contributed by atoms with Crippen molar-refractivity contribution in [2.75, 3.05) is 19.0 Å². The Morgan fingerprint density at radius 3 is 2.84 bits per heavy atom. The van der Waals surface area contributed by atoms with Crippen molar-refractivity contribution in [3.8, 4) is 0 Å². The Morgan fingerprint density at radius 2 is 2.21 bits per heavy atom. The number of aromatic nitrogens is 1. The van der Waals surface area contributed by atoms with Gasteiger partial charge in [-0.05, 0) is 31.4 Å². The highest BCUT2D eigenvalue weighted by molar-refractivity contribution is 7.91. The summed E-state index contributed by atoms with van der Waals surface area (Å²) in [6.45, 7) is 6.31. The highest BCUT2D eigenvalue weighted by Crippen LogP contribution is 2.17. The molecule has 4 nitrogen and oxygen atoms in total. The third-order valence-corrected chi connectivity index (χ3v) is 4.68. The van der Waals surface area contributed by atoms with E-state index in [0.29, 0.717) is 30.4 Å². The van der Waals surface area contributed by atoms with Gasteiger partial charge in [0.25, 0.3) is 0 Å². The van der Waals surface area contributed by atoms with Crippen LogP contribution < -0.4 is 0 Å². The fourth-order valence-corrected chi connectivity index (χ4v) is 2.85. The van der Waals surface area contributed by atoms with Crippen LogP contribution in [0.2, 0.25) is 5.15 Å². The van der Waals surface area contributed by atoms with Crippen LogP contribution in [0.1, 0.15) is 18.4 Å². The van der Waals surface area contributed by atoms with E-state index < -0.39 is 9.84 Å². The van der Waals surface area contributed by atoms with Gasteiger partial charge < -0.3 is 4.74 Å². The highest BCUT2D eigenvalue weighted by atomic mass is 35.5. The maximum atomic E-state index is 12.0. The number of hydrogen-bond acceptors (Lipinski definition) is 4. The molecule has 0 amide bonds. The van der Waals surface area contributed by atoms with E-state index in [1.807, 2.05) is 0 Å². The van der Waals surface area contributed by atoms with Crippen LogP contribution in [0, 0.1) is 6.92 Å². The quantitative estimate of drug-likeness (QED) is 0.421. The summed E-state index contributed by atoms with van der Waals surface area (Å²) in [5.41, 5.74) is 0.657. The van der Waals surface area contributed by atoms with Gasteiger partial charge in [0, 0.05) is 19.4 Å². The van der Waals surface area contributed by atoms with Crippen LogP contribution in [0.15, 0.2) is 29.8 Å². The van der Waals surface area contributed by atoms with Gasteiger partial charge >= 0.3 is 0 Å². The van der Waals surface area contributed by atoms with Crippen molar-refractivity contribution in [1.29, 1.82) is 0 Å². The van der Waals surface area contributed by atoms with E-state index in [-0.39, 0.29) is 10.6 Å². The SMILES string of the molecule is C=CCCOCCCS(=O)(=O)c1cnc(Cl)c(C)c1. The van der Waals surface area contributed by atoms with Crippen LogP contribution in [-0.2, 0) is 14.6 Å². The van der Waals surface area contributed by atoms with Crippen LogP contribution in [-0.4, -0.2) is 32.4 Å². The minimum atomic E-state index is -3.31. The summed E-state index contributed by atoms with van der Waals surface area (Å²) < 4.78 is 29.3. The molecule has 0 atom stereocenters. The number of nitrogens with zero attached hydrogens (tertiary/aromatic N) is 1. The first-order valence-electron chi connectivity index (χ1n) is 6.01. The van der Waals surface area contributed by atoms with Gasteiger partial charge in [-0.25, -0.2) is 13.4 Å². The number of pyridine rings is 1. The first-order valence-corrected chi connectivity index (χ1v) is 8.04. The molecule has 0 aliphatic carbocycles. The first kappa shape index (κ1) is 16.1. The monoisotopic (exact) mass is 303 g/mol. The summed E-state index contributed by atoms with van der Waals surface area (Å²) in [7, 11) is -3.31. The van der Waals surface area contributed by atoms with Gasteiger partial charge in [-0.1, -0.05) is 17.7 Å². The fraction of sp³-hybridized carbons (Fsp3) is 0.462. The second-order valence-electron chi connectivity index (χ2n) is 4.14. The molecular formula is C13H18ClNO3S. The summed E-state index contributed by atoms with van der Waals surface area (Å²) in [6, 6.07) is 1.54. The van der Waals surface area contributed by atoms with Crippen molar-refractivity contribution in [3.05, 3.63) is 35.6 Å². The third kappa shape index (κ3) is 5.30. The standard InChI is InChI=1S/C13H18ClNO3S/c1-3-4-6-18-7-5-8-19(16,17)12-9-11(2)13(14)15-10-12/h3,9-10H,1,4-8H2,2H3. The van der Waals surface area contributed by atoms with E-state index in [1.165, 1.54) is 6.20 Å². The molecule has 6 heteroatoms. The van der Waals surface area contributed by atoms with Gasteiger partial charge in [0.2, 0.25) is 0 Å². The van der Waals surface area contributed by atoms with Crippen molar-refractivity contribution in [2.24, 2.45) is 0 Å². The Morgan fingerprint density at radius 1 is 1.47 bits per heavy atom. The lowest BCUT2D eigenvalue weighted by Gasteiger charge is -2.06. The topological polar surface area (TPSA) is 56.3 Å². The van der Waals surface area contributed by atoms with Crippen molar-refractivity contribution in [1.82, 2.24) is 4.98 Å². The van der Waals surface area contributed by atoms with Gasteiger partial charge in [-0.15, -0.1) is 6.58 Å². The molecule has 1 aromatic heterocycles. The van der Waals surface area contributed by atoms with Crippen molar-refractivity contribution >= 4 is 21.4 Å². The lowest BCUT2D eigenvalue weighted by Crippen LogP contribution is -2.10. The number of sulfone groups is 1. The lowest BCUT2D eigenvalue weighted by atomic mass is 10.3. The molecule has 0 aliphatic rings. The summed E-state index contributed by atoms with van der Waals surface area (Å²) in [5, 5.41) is 0.326. The number of aryl methyl sites for hydroxylation is 1. The van der Waals surface area contributed by atoms with E-state index in [0.717, 1.165) is 6.42 Å². The highest BCUT2D eigenvalue weighted by Gasteiger charge is 2.15. The summed E-state index contributed by atoms with van der Waals surface area (Å²) in [6.07, 6.45) is 4.29. The average Bonchev–Trinajstić information content (AvgIpc) is 2.36. The van der Waals surface area contributed by atoms with Crippen LogP contribution in [0.3, 0.4) is 0 Å². The minimum Gasteiger partial charge on any atom is -0.381 e. The molecule has 106 valence electrons. The van der Waals surface area contributed by atoms with Crippen molar-refractivity contribution in [2.45, 2.75) is 24.7 Å². The number of rotatable bonds is 8. The Balaban J connectivity index is 2.51. The molecule has 0 saturated heterocycles. The average molecular weight is 304 g/mol. The number of hydrogen-bond donors (Lipinski definition) is 0. The minimum absolute atomic E-state index is 0.0455. The molecule has 1 heterocycles. The Hall–Kier alpha value is -0.910. The number of ether oxygens (including phenoxy) is 1. The summed E-state index contributed by atoms with van der Waals surface area (Å²) >= 11 is 5.77. The molecule has 1 rings (SSSR count). The molecule has 19 heavy (non-hydrogen) atoms. The van der Waals surface area contributed by atoms with E-state index >= 15 is 0 Å². The molecule has 0 aliphatic heterocycles. The Labute approximate surface area is 119 Å². The maximum absolute atomic E-state index is 12.0. The zero-order valence-corrected chi connectivity index (χ0v) is 12.5. The third-order valence-electron chi connectivity index (χ3n) is 2.52. The Bertz CT molecular complexity index is 529. The van der Waals surface area contributed by atoms with Gasteiger partial charge in [-0.2, -0.15) is 0 Å². The predicted molar refractivity (Wildman–Crippen MR) is 76.3 cm³/mol. The van der Waals surface area contributed by atoms with E-state index in [9.17, 15) is 8.42 Å². The van der Waals surface area contributed by atoms with Crippen molar-refractivity contribution < 1.29 is 13.2 Å². The normalized spacial score (nSPS) is 11.5. The van der Waals surface area contributed by atoms with E-state index in [2.05, 4.69) is 11.6 Å². The molecule has 0 aromatic carbocycles. The van der Waals surface area contributed by atoms with Gasteiger partial charge in [0.15, 0.2) is 9.84 Å². The van der Waals surface area contributed by atoms with Gasteiger partial charge in [0.1, 0.15) is 5.15 Å². The molecular weight excluding hydrogens is 286 g/mol. The predicted octanol–water partition coefficient (Wildman–Crippen LogP) is 2.80. The molecule has 0 fully saturated rings. The zero-order chi connectivity index (χ0) is 14.3. The van der Waals surface area contributed by atoms with Gasteiger partial charge in [0.05, 0.1) is 10.6 Å². The first-order chi connectivity index (χ1) is 8.97. The summed E-state index contributed by atoms with van der Waals surface area (Å²) in [4.78, 5) is 4.07. The van der Waals surface area contributed by atoms with E-state index in [4.69, 9.17) is 16.3 Å². The number of halogens is 1. The molecule has 0 spiro atoms. The largest absolute Gasteiger partial charge is 0.381 e. The fourth-order valence-electron chi connectivity index (χ4n) is 1.44.